The molecule has 0 saturated heterocycles. The molecule has 1 aromatic heterocycles. The molecule has 0 aliphatic rings. The Kier molecular flexibility index (Phi) is 4.00. The van der Waals surface area contributed by atoms with Crippen molar-refractivity contribution in [3.63, 3.8) is 0 Å². The molecule has 4 heteroatoms. The molecule has 100 valence electrons. The number of ether oxygens (including phenoxy) is 1. The second-order valence-corrected chi connectivity index (χ2v) is 4.47. The fraction of sp³-hybridized carbons (Fsp3) is 0.333. The van der Waals surface area contributed by atoms with Gasteiger partial charge in [-0.15, -0.1) is 0 Å². The molecule has 0 saturated carbocycles. The van der Waals surface area contributed by atoms with Crippen LogP contribution < -0.4 is 10.5 Å². The molecule has 0 fully saturated rings. The van der Waals surface area contributed by atoms with Gasteiger partial charge >= 0.3 is 0 Å². The standard InChI is InChI=1S/C15H19N3O/c1-4-13-10(2)17-14(18-15(13)16)9-11-6-5-7-12(8-11)19-3/h5-8H,4,9H2,1-3H3,(H2,16,17,18). The average molecular weight is 257 g/mol. The summed E-state index contributed by atoms with van der Waals surface area (Å²) in [6, 6.07) is 7.91. The summed E-state index contributed by atoms with van der Waals surface area (Å²) in [4.78, 5) is 8.91. The normalized spacial score (nSPS) is 10.5. The zero-order valence-electron chi connectivity index (χ0n) is 11.6. The Balaban J connectivity index is 2.28. The fourth-order valence-electron chi connectivity index (χ4n) is 2.16. The first-order chi connectivity index (χ1) is 9.13. The third kappa shape index (κ3) is 3.02. The van der Waals surface area contributed by atoms with Crippen LogP contribution >= 0.6 is 0 Å². The van der Waals surface area contributed by atoms with Crippen LogP contribution in [0.15, 0.2) is 24.3 Å². The van der Waals surface area contributed by atoms with Gasteiger partial charge in [-0.05, 0) is 31.0 Å². The number of nitrogens with zero attached hydrogens (tertiary/aromatic N) is 2. The van der Waals surface area contributed by atoms with Crippen molar-refractivity contribution in [2.75, 3.05) is 12.8 Å². The number of methoxy groups -OCH3 is 1. The molecular formula is C15H19N3O. The van der Waals surface area contributed by atoms with Crippen molar-refractivity contribution in [2.24, 2.45) is 0 Å². The number of aromatic nitrogens is 2. The lowest BCUT2D eigenvalue weighted by atomic mass is 10.1. The van der Waals surface area contributed by atoms with Crippen LogP contribution in [0, 0.1) is 6.92 Å². The van der Waals surface area contributed by atoms with E-state index in [1.165, 1.54) is 0 Å². The minimum atomic E-state index is 0.591. The smallest absolute Gasteiger partial charge is 0.135 e. The number of nitrogens with two attached hydrogens (primary N) is 1. The summed E-state index contributed by atoms with van der Waals surface area (Å²) in [5.41, 5.74) is 9.08. The highest BCUT2D eigenvalue weighted by molar-refractivity contribution is 5.42. The van der Waals surface area contributed by atoms with Gasteiger partial charge in [0.05, 0.1) is 7.11 Å². The molecule has 0 aliphatic heterocycles. The Labute approximate surface area is 113 Å². The van der Waals surface area contributed by atoms with Crippen LogP contribution in [0.2, 0.25) is 0 Å². The molecule has 0 radical (unpaired) electrons. The number of nitrogen functional groups attached to an aromatic ring is 1. The third-order valence-corrected chi connectivity index (χ3v) is 3.14. The summed E-state index contributed by atoms with van der Waals surface area (Å²) in [5, 5.41) is 0. The zero-order chi connectivity index (χ0) is 13.8. The Morgan fingerprint density at radius 1 is 1.26 bits per heavy atom. The van der Waals surface area contributed by atoms with E-state index in [0.717, 1.165) is 34.8 Å². The van der Waals surface area contributed by atoms with Crippen molar-refractivity contribution in [1.82, 2.24) is 9.97 Å². The first-order valence-corrected chi connectivity index (χ1v) is 6.38. The molecule has 2 rings (SSSR count). The number of benzene rings is 1. The number of anilines is 1. The van der Waals surface area contributed by atoms with Crippen LogP contribution in [-0.4, -0.2) is 17.1 Å². The van der Waals surface area contributed by atoms with Crippen LogP contribution in [0.4, 0.5) is 5.82 Å². The summed E-state index contributed by atoms with van der Waals surface area (Å²) in [7, 11) is 1.66. The number of rotatable bonds is 4. The summed E-state index contributed by atoms with van der Waals surface area (Å²) in [5.74, 6) is 2.18. The second-order valence-electron chi connectivity index (χ2n) is 4.47. The van der Waals surface area contributed by atoms with E-state index in [1.807, 2.05) is 31.2 Å². The highest BCUT2D eigenvalue weighted by atomic mass is 16.5. The molecule has 0 atom stereocenters. The summed E-state index contributed by atoms with van der Waals surface area (Å²) >= 11 is 0. The van der Waals surface area contributed by atoms with Gasteiger partial charge in [-0.2, -0.15) is 0 Å². The predicted octanol–water partition coefficient (Wildman–Crippen LogP) is 2.53. The zero-order valence-corrected chi connectivity index (χ0v) is 11.6. The van der Waals surface area contributed by atoms with Crippen molar-refractivity contribution in [2.45, 2.75) is 26.7 Å². The van der Waals surface area contributed by atoms with E-state index in [-0.39, 0.29) is 0 Å². The molecule has 0 unspecified atom stereocenters. The number of aryl methyl sites for hydroxylation is 1. The maximum absolute atomic E-state index is 5.97. The molecule has 4 nitrogen and oxygen atoms in total. The van der Waals surface area contributed by atoms with Crippen molar-refractivity contribution < 1.29 is 4.74 Å². The lowest BCUT2D eigenvalue weighted by molar-refractivity contribution is 0.414. The van der Waals surface area contributed by atoms with Gasteiger partial charge in [-0.25, -0.2) is 9.97 Å². The molecule has 1 aromatic carbocycles. The quantitative estimate of drug-likeness (QED) is 0.914. The Morgan fingerprint density at radius 3 is 2.68 bits per heavy atom. The Morgan fingerprint density at radius 2 is 2.05 bits per heavy atom. The molecule has 19 heavy (non-hydrogen) atoms. The number of hydrogen-bond acceptors (Lipinski definition) is 4. The summed E-state index contributed by atoms with van der Waals surface area (Å²) in [6.07, 6.45) is 1.52. The second kappa shape index (κ2) is 5.69. The molecule has 2 aromatic rings. The van der Waals surface area contributed by atoms with E-state index in [9.17, 15) is 0 Å². The molecule has 0 spiro atoms. The minimum absolute atomic E-state index is 0.591. The Hall–Kier alpha value is -2.10. The topological polar surface area (TPSA) is 61.0 Å². The summed E-state index contributed by atoms with van der Waals surface area (Å²) < 4.78 is 5.21. The Bertz CT molecular complexity index is 558. The molecule has 0 bridgehead atoms. The highest BCUT2D eigenvalue weighted by Crippen LogP contribution is 2.18. The van der Waals surface area contributed by atoms with E-state index < -0.39 is 0 Å². The van der Waals surface area contributed by atoms with Gasteiger partial charge in [0.1, 0.15) is 17.4 Å². The van der Waals surface area contributed by atoms with Gasteiger partial charge in [0.15, 0.2) is 0 Å². The van der Waals surface area contributed by atoms with Gasteiger partial charge in [0, 0.05) is 17.7 Å². The van der Waals surface area contributed by atoms with E-state index in [0.29, 0.717) is 12.2 Å². The van der Waals surface area contributed by atoms with E-state index in [2.05, 4.69) is 16.9 Å². The molecular weight excluding hydrogens is 238 g/mol. The molecule has 1 heterocycles. The predicted molar refractivity (Wildman–Crippen MR) is 76.4 cm³/mol. The lowest BCUT2D eigenvalue weighted by Gasteiger charge is -2.09. The minimum Gasteiger partial charge on any atom is -0.497 e. The first-order valence-electron chi connectivity index (χ1n) is 6.38. The van der Waals surface area contributed by atoms with Gasteiger partial charge < -0.3 is 10.5 Å². The van der Waals surface area contributed by atoms with Gasteiger partial charge in [0.25, 0.3) is 0 Å². The van der Waals surface area contributed by atoms with E-state index in [4.69, 9.17) is 10.5 Å². The van der Waals surface area contributed by atoms with Crippen molar-refractivity contribution >= 4 is 5.82 Å². The van der Waals surface area contributed by atoms with E-state index in [1.54, 1.807) is 7.11 Å². The summed E-state index contributed by atoms with van der Waals surface area (Å²) in [6.45, 7) is 4.04. The highest BCUT2D eigenvalue weighted by Gasteiger charge is 2.08. The first kappa shape index (κ1) is 13.3. The SMILES string of the molecule is CCc1c(C)nc(Cc2cccc(OC)c2)nc1N. The van der Waals surface area contributed by atoms with Gasteiger partial charge in [-0.1, -0.05) is 19.1 Å². The maximum atomic E-state index is 5.97. The fourth-order valence-corrected chi connectivity index (χ4v) is 2.16. The molecule has 2 N–H and O–H groups in total. The van der Waals surface area contributed by atoms with Gasteiger partial charge in [0.2, 0.25) is 0 Å². The molecule has 0 amide bonds. The molecule has 0 aliphatic carbocycles. The monoisotopic (exact) mass is 257 g/mol. The van der Waals surface area contributed by atoms with Crippen LogP contribution in [-0.2, 0) is 12.8 Å². The number of hydrogen-bond donors (Lipinski definition) is 1. The lowest BCUT2D eigenvalue weighted by Crippen LogP contribution is -2.07. The van der Waals surface area contributed by atoms with Gasteiger partial charge in [-0.3, -0.25) is 0 Å². The van der Waals surface area contributed by atoms with Crippen LogP contribution in [0.5, 0.6) is 5.75 Å². The average Bonchev–Trinajstić information content (AvgIpc) is 2.38. The van der Waals surface area contributed by atoms with Crippen molar-refractivity contribution in [3.8, 4) is 5.75 Å². The third-order valence-electron chi connectivity index (χ3n) is 3.14. The van der Waals surface area contributed by atoms with Crippen LogP contribution in [0.3, 0.4) is 0 Å². The van der Waals surface area contributed by atoms with Crippen molar-refractivity contribution in [3.05, 3.63) is 46.9 Å². The van der Waals surface area contributed by atoms with Crippen LogP contribution in [0.1, 0.15) is 29.6 Å². The van der Waals surface area contributed by atoms with Crippen molar-refractivity contribution in [1.29, 1.82) is 0 Å². The maximum Gasteiger partial charge on any atom is 0.135 e. The van der Waals surface area contributed by atoms with Crippen LogP contribution in [0.25, 0.3) is 0 Å². The largest absolute Gasteiger partial charge is 0.497 e. The van der Waals surface area contributed by atoms with E-state index >= 15 is 0 Å².